The van der Waals surface area contributed by atoms with Crippen molar-refractivity contribution in [3.8, 4) is 5.75 Å². The van der Waals surface area contributed by atoms with Gasteiger partial charge in [-0.25, -0.2) is 4.39 Å². The third kappa shape index (κ3) is 2.70. The van der Waals surface area contributed by atoms with Crippen LogP contribution in [0.2, 0.25) is 0 Å². The highest BCUT2D eigenvalue weighted by Gasteiger charge is 2.18. The first-order valence-corrected chi connectivity index (χ1v) is 4.99. The first-order chi connectivity index (χ1) is 7.60. The molecule has 16 heavy (non-hydrogen) atoms. The molecule has 1 amide bonds. The summed E-state index contributed by atoms with van der Waals surface area (Å²) < 4.78 is 13.3. The first kappa shape index (κ1) is 12.4. The van der Waals surface area contributed by atoms with Crippen molar-refractivity contribution in [1.82, 2.24) is 5.32 Å². The zero-order chi connectivity index (χ0) is 12.1. The Morgan fingerprint density at radius 1 is 1.56 bits per heavy atom. The van der Waals surface area contributed by atoms with Crippen LogP contribution in [0.3, 0.4) is 0 Å². The van der Waals surface area contributed by atoms with Crippen LogP contribution in [0, 0.1) is 5.82 Å². The fraction of sp³-hybridized carbons (Fsp3) is 0.364. The van der Waals surface area contributed by atoms with Crippen LogP contribution < -0.4 is 5.32 Å². The van der Waals surface area contributed by atoms with Gasteiger partial charge >= 0.3 is 0 Å². The van der Waals surface area contributed by atoms with Gasteiger partial charge in [-0.2, -0.15) is 0 Å². The number of carbonyl (C=O) groups excluding carboxylic acids is 1. The highest BCUT2D eigenvalue weighted by atomic mass is 19.1. The Morgan fingerprint density at radius 2 is 2.25 bits per heavy atom. The van der Waals surface area contributed by atoms with Crippen LogP contribution in [0.15, 0.2) is 18.2 Å². The molecule has 3 N–H and O–H groups in total. The van der Waals surface area contributed by atoms with Crippen LogP contribution in [0.4, 0.5) is 4.39 Å². The summed E-state index contributed by atoms with van der Waals surface area (Å²) in [5.41, 5.74) is -0.394. The van der Waals surface area contributed by atoms with E-state index in [-0.39, 0.29) is 6.61 Å². The SMILES string of the molecule is CC[C@H](CO)NC(=O)c1c(O)cccc1F. The van der Waals surface area contributed by atoms with E-state index in [1.54, 1.807) is 6.92 Å². The lowest BCUT2D eigenvalue weighted by Gasteiger charge is -2.14. The summed E-state index contributed by atoms with van der Waals surface area (Å²) in [5.74, 6) is -1.92. The van der Waals surface area contributed by atoms with E-state index >= 15 is 0 Å². The molecule has 0 saturated carbocycles. The number of benzene rings is 1. The van der Waals surface area contributed by atoms with Crippen molar-refractivity contribution in [1.29, 1.82) is 0 Å². The topological polar surface area (TPSA) is 69.6 Å². The minimum absolute atomic E-state index is 0.225. The van der Waals surface area contributed by atoms with Crippen molar-refractivity contribution in [2.45, 2.75) is 19.4 Å². The maximum atomic E-state index is 13.3. The third-order valence-electron chi connectivity index (χ3n) is 2.27. The number of carbonyl (C=O) groups is 1. The van der Waals surface area contributed by atoms with Crippen molar-refractivity contribution in [3.05, 3.63) is 29.6 Å². The Hall–Kier alpha value is -1.62. The average Bonchev–Trinajstić information content (AvgIpc) is 2.25. The summed E-state index contributed by atoms with van der Waals surface area (Å²) in [5, 5.41) is 20.7. The van der Waals surface area contributed by atoms with E-state index in [1.807, 2.05) is 0 Å². The molecule has 0 saturated heterocycles. The van der Waals surface area contributed by atoms with Gasteiger partial charge in [0.1, 0.15) is 17.1 Å². The number of hydrogen-bond donors (Lipinski definition) is 3. The first-order valence-electron chi connectivity index (χ1n) is 4.99. The molecule has 1 aromatic carbocycles. The molecule has 4 nitrogen and oxygen atoms in total. The van der Waals surface area contributed by atoms with Gasteiger partial charge < -0.3 is 15.5 Å². The number of aromatic hydroxyl groups is 1. The molecule has 1 rings (SSSR count). The van der Waals surface area contributed by atoms with E-state index in [0.717, 1.165) is 6.07 Å². The zero-order valence-corrected chi connectivity index (χ0v) is 8.90. The van der Waals surface area contributed by atoms with Crippen molar-refractivity contribution in [3.63, 3.8) is 0 Å². The highest BCUT2D eigenvalue weighted by molar-refractivity contribution is 5.97. The molecule has 0 aliphatic heterocycles. The molecule has 0 heterocycles. The summed E-state index contributed by atoms with van der Waals surface area (Å²) in [4.78, 5) is 11.6. The molecule has 88 valence electrons. The zero-order valence-electron chi connectivity index (χ0n) is 8.90. The predicted octanol–water partition coefficient (Wildman–Crippen LogP) is 1.03. The fourth-order valence-corrected chi connectivity index (χ4v) is 1.27. The lowest BCUT2D eigenvalue weighted by atomic mass is 10.1. The Kier molecular flexibility index (Phi) is 4.25. The number of halogens is 1. The molecule has 0 unspecified atom stereocenters. The Morgan fingerprint density at radius 3 is 2.75 bits per heavy atom. The minimum atomic E-state index is -0.787. The molecule has 0 spiro atoms. The van der Waals surface area contributed by atoms with Gasteiger partial charge in [0.25, 0.3) is 5.91 Å². The van der Waals surface area contributed by atoms with Crippen LogP contribution >= 0.6 is 0 Å². The largest absolute Gasteiger partial charge is 0.507 e. The number of aliphatic hydroxyl groups is 1. The van der Waals surface area contributed by atoms with Gasteiger partial charge in [-0.1, -0.05) is 13.0 Å². The molecule has 0 bridgehead atoms. The number of amides is 1. The molecular formula is C11H14FNO3. The monoisotopic (exact) mass is 227 g/mol. The number of hydrogen-bond acceptors (Lipinski definition) is 3. The highest BCUT2D eigenvalue weighted by Crippen LogP contribution is 2.19. The van der Waals surface area contributed by atoms with Crippen LogP contribution in [-0.4, -0.2) is 28.8 Å². The van der Waals surface area contributed by atoms with Gasteiger partial charge in [0, 0.05) is 0 Å². The summed E-state index contributed by atoms with van der Waals surface area (Å²) in [6.45, 7) is 1.56. The Balaban J connectivity index is 2.88. The maximum Gasteiger partial charge on any atom is 0.258 e. The van der Waals surface area contributed by atoms with Gasteiger partial charge in [-0.05, 0) is 18.6 Å². The molecule has 0 radical (unpaired) electrons. The number of phenols is 1. The second kappa shape index (κ2) is 5.46. The number of nitrogens with one attached hydrogen (secondary N) is 1. The van der Waals surface area contributed by atoms with E-state index in [1.165, 1.54) is 12.1 Å². The smallest absolute Gasteiger partial charge is 0.258 e. The molecule has 5 heteroatoms. The molecule has 1 aromatic rings. The van der Waals surface area contributed by atoms with Crippen molar-refractivity contribution in [2.24, 2.45) is 0 Å². The summed E-state index contributed by atoms with van der Waals surface area (Å²) in [6, 6.07) is 3.20. The number of rotatable bonds is 4. The summed E-state index contributed by atoms with van der Waals surface area (Å²) in [7, 11) is 0. The van der Waals surface area contributed by atoms with Gasteiger partial charge in [0.2, 0.25) is 0 Å². The van der Waals surface area contributed by atoms with Gasteiger partial charge in [-0.3, -0.25) is 4.79 Å². The van der Waals surface area contributed by atoms with E-state index in [9.17, 15) is 14.3 Å². The maximum absolute atomic E-state index is 13.3. The predicted molar refractivity (Wildman–Crippen MR) is 56.7 cm³/mol. The summed E-state index contributed by atoms with van der Waals surface area (Å²) in [6.07, 6.45) is 0.525. The minimum Gasteiger partial charge on any atom is -0.507 e. The van der Waals surface area contributed by atoms with Gasteiger partial charge in [0.15, 0.2) is 0 Å². The van der Waals surface area contributed by atoms with Gasteiger partial charge in [0.05, 0.1) is 12.6 Å². The standard InChI is InChI=1S/C11H14FNO3/c1-2-7(6-14)13-11(16)10-8(12)4-3-5-9(10)15/h3-5,7,14-15H,2,6H2,1H3,(H,13,16)/t7-/m1/s1. The van der Waals surface area contributed by atoms with Crippen LogP contribution in [0.25, 0.3) is 0 Å². The molecule has 0 fully saturated rings. The van der Waals surface area contributed by atoms with Crippen molar-refractivity contribution in [2.75, 3.05) is 6.61 Å². The second-order valence-corrected chi connectivity index (χ2v) is 3.40. The molecule has 0 aliphatic carbocycles. The van der Waals surface area contributed by atoms with Gasteiger partial charge in [-0.15, -0.1) is 0 Å². The lowest BCUT2D eigenvalue weighted by molar-refractivity contribution is 0.0908. The molecule has 0 aromatic heterocycles. The van der Waals surface area contributed by atoms with Crippen LogP contribution in [0.1, 0.15) is 23.7 Å². The molecule has 0 aliphatic rings. The summed E-state index contributed by atoms with van der Waals surface area (Å²) >= 11 is 0. The third-order valence-corrected chi connectivity index (χ3v) is 2.27. The van der Waals surface area contributed by atoms with E-state index in [0.29, 0.717) is 6.42 Å². The van der Waals surface area contributed by atoms with E-state index in [2.05, 4.69) is 5.32 Å². The number of phenolic OH excluding ortho intramolecular Hbond substituents is 1. The van der Waals surface area contributed by atoms with Crippen molar-refractivity contribution < 1.29 is 19.4 Å². The Bertz CT molecular complexity index is 357. The van der Waals surface area contributed by atoms with Crippen LogP contribution in [0.5, 0.6) is 5.75 Å². The van der Waals surface area contributed by atoms with Crippen molar-refractivity contribution >= 4 is 5.91 Å². The molecule has 1 atom stereocenters. The number of aliphatic hydroxyl groups excluding tert-OH is 1. The fourth-order valence-electron chi connectivity index (χ4n) is 1.27. The second-order valence-electron chi connectivity index (χ2n) is 3.40. The molecular weight excluding hydrogens is 213 g/mol. The quantitative estimate of drug-likeness (QED) is 0.719. The normalized spacial score (nSPS) is 12.2. The van der Waals surface area contributed by atoms with E-state index in [4.69, 9.17) is 5.11 Å². The lowest BCUT2D eigenvalue weighted by Crippen LogP contribution is -2.37. The van der Waals surface area contributed by atoms with E-state index < -0.39 is 29.1 Å². The average molecular weight is 227 g/mol. The van der Waals surface area contributed by atoms with Crippen LogP contribution in [-0.2, 0) is 0 Å². The Labute approximate surface area is 92.7 Å².